The minimum atomic E-state index is -0.320. The van der Waals surface area contributed by atoms with E-state index in [-0.39, 0.29) is 17.9 Å². The molecule has 0 aromatic heterocycles. The van der Waals surface area contributed by atoms with Gasteiger partial charge in [0.15, 0.2) is 0 Å². The Morgan fingerprint density at radius 1 is 1.22 bits per heavy atom. The van der Waals surface area contributed by atoms with Gasteiger partial charge < -0.3 is 15.1 Å². The summed E-state index contributed by atoms with van der Waals surface area (Å²) in [6.07, 6.45) is 4.93. The molecule has 1 unspecified atom stereocenters. The van der Waals surface area contributed by atoms with Crippen LogP contribution in [0.3, 0.4) is 0 Å². The SMILES string of the molecule is CN1CCNC(CC(=O)N2CCCCCC2)C1=O. The van der Waals surface area contributed by atoms with Crippen LogP contribution in [0, 0.1) is 0 Å². The highest BCUT2D eigenvalue weighted by Gasteiger charge is 2.29. The summed E-state index contributed by atoms with van der Waals surface area (Å²) in [5, 5.41) is 3.15. The minimum Gasteiger partial charge on any atom is -0.343 e. The highest BCUT2D eigenvalue weighted by Crippen LogP contribution is 2.12. The fourth-order valence-electron chi connectivity index (χ4n) is 2.65. The lowest BCUT2D eigenvalue weighted by Crippen LogP contribution is -2.55. The van der Waals surface area contributed by atoms with E-state index >= 15 is 0 Å². The maximum atomic E-state index is 12.2. The van der Waals surface area contributed by atoms with E-state index in [0.717, 1.165) is 39.0 Å². The molecule has 2 fully saturated rings. The lowest BCUT2D eigenvalue weighted by Gasteiger charge is -2.31. The Hall–Kier alpha value is -1.10. The fourth-order valence-corrected chi connectivity index (χ4v) is 2.65. The second-order valence-electron chi connectivity index (χ2n) is 5.27. The van der Waals surface area contributed by atoms with Crippen molar-refractivity contribution in [2.75, 3.05) is 33.2 Å². The molecule has 0 aromatic rings. The van der Waals surface area contributed by atoms with Crippen molar-refractivity contribution < 1.29 is 9.59 Å². The highest BCUT2D eigenvalue weighted by atomic mass is 16.2. The summed E-state index contributed by atoms with van der Waals surface area (Å²) >= 11 is 0. The van der Waals surface area contributed by atoms with Crippen LogP contribution in [0.1, 0.15) is 32.1 Å². The molecule has 5 nitrogen and oxygen atoms in total. The summed E-state index contributed by atoms with van der Waals surface area (Å²) in [4.78, 5) is 27.7. The van der Waals surface area contributed by atoms with E-state index in [2.05, 4.69) is 5.32 Å². The van der Waals surface area contributed by atoms with Crippen LogP contribution < -0.4 is 5.32 Å². The minimum absolute atomic E-state index is 0.0458. The molecule has 0 aromatic carbocycles. The largest absolute Gasteiger partial charge is 0.343 e. The predicted molar refractivity (Wildman–Crippen MR) is 69.1 cm³/mol. The number of rotatable bonds is 2. The van der Waals surface area contributed by atoms with E-state index < -0.39 is 0 Å². The fraction of sp³-hybridized carbons (Fsp3) is 0.846. The zero-order chi connectivity index (χ0) is 13.0. The number of likely N-dealkylation sites (N-methyl/N-ethyl adjacent to an activating group) is 1. The van der Waals surface area contributed by atoms with Crippen LogP contribution in [-0.2, 0) is 9.59 Å². The predicted octanol–water partition coefficient (Wildman–Crippen LogP) is 0.209. The van der Waals surface area contributed by atoms with Crippen LogP contribution in [0.4, 0.5) is 0 Å². The average molecular weight is 253 g/mol. The molecule has 2 aliphatic rings. The van der Waals surface area contributed by atoms with E-state index in [1.165, 1.54) is 12.8 Å². The van der Waals surface area contributed by atoms with Crippen molar-refractivity contribution in [1.82, 2.24) is 15.1 Å². The number of carbonyl (C=O) groups is 2. The molecule has 18 heavy (non-hydrogen) atoms. The van der Waals surface area contributed by atoms with Gasteiger partial charge in [-0.25, -0.2) is 0 Å². The first-order valence-electron chi connectivity index (χ1n) is 6.94. The van der Waals surface area contributed by atoms with Crippen LogP contribution in [0.2, 0.25) is 0 Å². The van der Waals surface area contributed by atoms with Crippen molar-refractivity contribution in [3.8, 4) is 0 Å². The number of piperazine rings is 1. The molecule has 2 aliphatic heterocycles. The van der Waals surface area contributed by atoms with E-state index in [9.17, 15) is 9.59 Å². The van der Waals surface area contributed by atoms with Gasteiger partial charge in [0.2, 0.25) is 11.8 Å². The summed E-state index contributed by atoms with van der Waals surface area (Å²) < 4.78 is 0. The van der Waals surface area contributed by atoms with Gasteiger partial charge >= 0.3 is 0 Å². The maximum absolute atomic E-state index is 12.2. The standard InChI is InChI=1S/C13H23N3O2/c1-15-9-6-14-11(13(15)18)10-12(17)16-7-4-2-3-5-8-16/h11,14H,2-10H2,1H3. The number of likely N-dealkylation sites (tertiary alicyclic amines) is 1. The molecule has 0 radical (unpaired) electrons. The van der Waals surface area contributed by atoms with Gasteiger partial charge in [-0.15, -0.1) is 0 Å². The molecule has 1 N–H and O–H groups in total. The lowest BCUT2D eigenvalue weighted by molar-refractivity contribution is -0.140. The van der Waals surface area contributed by atoms with Crippen LogP contribution in [-0.4, -0.2) is 60.9 Å². The normalized spacial score (nSPS) is 26.1. The molecule has 2 amide bonds. The second kappa shape index (κ2) is 6.18. The summed E-state index contributed by atoms with van der Waals surface area (Å²) in [6.45, 7) is 3.22. The Labute approximate surface area is 108 Å². The molecule has 5 heteroatoms. The molecule has 0 saturated carbocycles. The van der Waals surface area contributed by atoms with Crippen LogP contribution >= 0.6 is 0 Å². The van der Waals surface area contributed by atoms with E-state index in [4.69, 9.17) is 0 Å². The smallest absolute Gasteiger partial charge is 0.240 e. The van der Waals surface area contributed by atoms with Gasteiger partial charge in [-0.3, -0.25) is 9.59 Å². The molecule has 0 spiro atoms. The first-order valence-corrected chi connectivity index (χ1v) is 6.94. The molecule has 0 aliphatic carbocycles. The Morgan fingerprint density at radius 2 is 1.89 bits per heavy atom. The van der Waals surface area contributed by atoms with E-state index in [1.54, 1.807) is 11.9 Å². The number of nitrogens with zero attached hydrogens (tertiary/aromatic N) is 2. The molecule has 2 rings (SSSR count). The zero-order valence-corrected chi connectivity index (χ0v) is 11.2. The Balaban J connectivity index is 1.87. The van der Waals surface area contributed by atoms with Gasteiger partial charge in [-0.2, -0.15) is 0 Å². The number of hydrogen-bond donors (Lipinski definition) is 1. The van der Waals surface area contributed by atoms with Gasteiger partial charge in [-0.05, 0) is 12.8 Å². The first-order chi connectivity index (χ1) is 8.68. The summed E-state index contributed by atoms with van der Waals surface area (Å²) in [7, 11) is 1.80. The van der Waals surface area contributed by atoms with Gasteiger partial charge in [0.25, 0.3) is 0 Å². The number of hydrogen-bond acceptors (Lipinski definition) is 3. The number of nitrogens with one attached hydrogen (secondary N) is 1. The van der Waals surface area contributed by atoms with Crippen molar-refractivity contribution in [1.29, 1.82) is 0 Å². The Kier molecular flexibility index (Phi) is 4.58. The molecule has 2 heterocycles. The van der Waals surface area contributed by atoms with Crippen LogP contribution in [0.25, 0.3) is 0 Å². The number of amides is 2. The zero-order valence-electron chi connectivity index (χ0n) is 11.2. The first kappa shape index (κ1) is 13.3. The highest BCUT2D eigenvalue weighted by molar-refractivity contribution is 5.88. The van der Waals surface area contributed by atoms with Gasteiger partial charge in [0.05, 0.1) is 12.5 Å². The quantitative estimate of drug-likeness (QED) is 0.765. The van der Waals surface area contributed by atoms with Gasteiger partial charge in [0.1, 0.15) is 0 Å². The van der Waals surface area contributed by atoms with Crippen molar-refractivity contribution >= 4 is 11.8 Å². The van der Waals surface area contributed by atoms with Crippen LogP contribution in [0.15, 0.2) is 0 Å². The molecule has 1 atom stereocenters. The molecule has 0 bridgehead atoms. The summed E-state index contributed by atoms with van der Waals surface area (Å²) in [5.74, 6) is 0.169. The van der Waals surface area contributed by atoms with Crippen molar-refractivity contribution in [3.05, 3.63) is 0 Å². The topological polar surface area (TPSA) is 52.7 Å². The van der Waals surface area contributed by atoms with Crippen LogP contribution in [0.5, 0.6) is 0 Å². The Bertz CT molecular complexity index is 311. The summed E-state index contributed by atoms with van der Waals surface area (Å²) in [6, 6.07) is -0.320. The third kappa shape index (κ3) is 3.22. The van der Waals surface area contributed by atoms with E-state index in [0.29, 0.717) is 6.42 Å². The molecule has 2 saturated heterocycles. The monoisotopic (exact) mass is 253 g/mol. The summed E-state index contributed by atoms with van der Waals surface area (Å²) in [5.41, 5.74) is 0. The number of carbonyl (C=O) groups excluding carboxylic acids is 2. The average Bonchev–Trinajstić information content (AvgIpc) is 2.63. The second-order valence-corrected chi connectivity index (χ2v) is 5.27. The third-order valence-corrected chi connectivity index (χ3v) is 3.85. The molecule has 102 valence electrons. The van der Waals surface area contributed by atoms with Gasteiger partial charge in [0, 0.05) is 33.2 Å². The van der Waals surface area contributed by atoms with E-state index in [1.807, 2.05) is 4.90 Å². The maximum Gasteiger partial charge on any atom is 0.240 e. The lowest BCUT2D eigenvalue weighted by atomic mass is 10.1. The Morgan fingerprint density at radius 3 is 2.56 bits per heavy atom. The molecular formula is C13H23N3O2. The molecular weight excluding hydrogens is 230 g/mol. The third-order valence-electron chi connectivity index (χ3n) is 3.85. The van der Waals surface area contributed by atoms with Gasteiger partial charge in [-0.1, -0.05) is 12.8 Å². The van der Waals surface area contributed by atoms with Crippen molar-refractivity contribution in [2.24, 2.45) is 0 Å². The van der Waals surface area contributed by atoms with Crippen molar-refractivity contribution in [2.45, 2.75) is 38.1 Å². The van der Waals surface area contributed by atoms with Crippen molar-refractivity contribution in [3.63, 3.8) is 0 Å².